The molecule has 1 aromatic rings. The van der Waals surface area contributed by atoms with Gasteiger partial charge in [0.25, 0.3) is 0 Å². The van der Waals surface area contributed by atoms with Crippen LogP contribution in [0.5, 0.6) is 0 Å². The molecule has 20 heavy (non-hydrogen) atoms. The fourth-order valence-corrected chi connectivity index (χ4v) is 2.62. The minimum absolute atomic E-state index is 0.0495. The summed E-state index contributed by atoms with van der Waals surface area (Å²) in [6.07, 6.45) is 1.93. The quantitative estimate of drug-likeness (QED) is 0.819. The highest BCUT2D eigenvalue weighted by molar-refractivity contribution is 7.98. The number of carbonyl (C=O) groups excluding carboxylic acids is 1. The van der Waals surface area contributed by atoms with E-state index in [2.05, 4.69) is 11.4 Å². The first kappa shape index (κ1) is 16.4. The second-order valence-electron chi connectivity index (χ2n) is 4.37. The third-order valence-corrected chi connectivity index (χ3v) is 3.96. The van der Waals surface area contributed by atoms with E-state index in [-0.39, 0.29) is 11.9 Å². The number of nitrogens with one attached hydrogen (secondary N) is 1. The Balaban J connectivity index is 2.94. The molecule has 1 unspecified atom stereocenters. The molecular formula is C15H21N3OS. The van der Waals surface area contributed by atoms with Crippen molar-refractivity contribution in [1.29, 1.82) is 5.26 Å². The zero-order chi connectivity index (χ0) is 15.1. The van der Waals surface area contributed by atoms with Crippen LogP contribution in [0.1, 0.15) is 26.3 Å². The molecule has 0 aliphatic carbocycles. The molecule has 1 rings (SSSR count). The van der Waals surface area contributed by atoms with Crippen LogP contribution in [0.2, 0.25) is 0 Å². The van der Waals surface area contributed by atoms with Gasteiger partial charge in [-0.2, -0.15) is 5.26 Å². The molecule has 0 aliphatic heterocycles. The predicted molar refractivity (Wildman–Crippen MR) is 84.0 cm³/mol. The van der Waals surface area contributed by atoms with E-state index >= 15 is 0 Å². The number of hydrogen-bond donors (Lipinski definition) is 1. The Kier molecular flexibility index (Phi) is 6.40. The van der Waals surface area contributed by atoms with E-state index in [0.717, 1.165) is 4.90 Å². The Morgan fingerprint density at radius 2 is 2.10 bits per heavy atom. The van der Waals surface area contributed by atoms with Crippen molar-refractivity contribution in [2.75, 3.05) is 24.7 Å². The fourth-order valence-electron chi connectivity index (χ4n) is 2.04. The minimum atomic E-state index is -0.348. The zero-order valence-corrected chi connectivity index (χ0v) is 13.3. The van der Waals surface area contributed by atoms with Crippen molar-refractivity contribution in [3.8, 4) is 6.07 Å². The Hall–Kier alpha value is -1.67. The Labute approximate surface area is 125 Å². The molecule has 0 saturated heterocycles. The third-order valence-electron chi connectivity index (χ3n) is 3.18. The molecule has 0 aromatic heterocycles. The number of benzene rings is 1. The Bertz CT molecular complexity index is 506. The highest BCUT2D eigenvalue weighted by Gasteiger charge is 2.19. The van der Waals surface area contributed by atoms with Gasteiger partial charge in [0, 0.05) is 18.0 Å². The monoisotopic (exact) mass is 291 g/mol. The van der Waals surface area contributed by atoms with E-state index < -0.39 is 0 Å². The number of anilines is 1. The zero-order valence-electron chi connectivity index (χ0n) is 12.4. The summed E-state index contributed by atoms with van der Waals surface area (Å²) in [5.74, 6) is 0.0495. The Morgan fingerprint density at radius 3 is 2.60 bits per heavy atom. The van der Waals surface area contributed by atoms with Gasteiger partial charge in [-0.15, -0.1) is 11.8 Å². The summed E-state index contributed by atoms with van der Waals surface area (Å²) in [5, 5.41) is 12.4. The lowest BCUT2D eigenvalue weighted by Gasteiger charge is -2.24. The van der Waals surface area contributed by atoms with Crippen LogP contribution < -0.4 is 5.32 Å². The number of carbonyl (C=O) groups is 1. The van der Waals surface area contributed by atoms with Gasteiger partial charge in [-0.3, -0.25) is 4.79 Å². The van der Waals surface area contributed by atoms with Gasteiger partial charge in [-0.25, -0.2) is 0 Å². The standard InChI is InChI=1S/C15H21N3OS/c1-5-18(6-2)15(19)11(3)17-13-8-7-9-14(20-4)12(13)10-16/h7-9,11,17H,5-6H2,1-4H3. The largest absolute Gasteiger partial charge is 0.373 e. The molecule has 108 valence electrons. The number of nitrogens with zero attached hydrogens (tertiary/aromatic N) is 2. The lowest BCUT2D eigenvalue weighted by atomic mass is 10.1. The summed E-state index contributed by atoms with van der Waals surface area (Å²) in [4.78, 5) is 14.9. The van der Waals surface area contributed by atoms with E-state index in [4.69, 9.17) is 0 Å². The molecule has 4 nitrogen and oxygen atoms in total. The van der Waals surface area contributed by atoms with Gasteiger partial charge >= 0.3 is 0 Å². The molecule has 0 saturated carbocycles. The van der Waals surface area contributed by atoms with Crippen molar-refractivity contribution in [3.63, 3.8) is 0 Å². The number of thioether (sulfide) groups is 1. The second kappa shape index (κ2) is 7.81. The van der Waals surface area contributed by atoms with Crippen LogP contribution in [-0.2, 0) is 4.79 Å². The number of likely N-dealkylation sites (N-methyl/N-ethyl adjacent to an activating group) is 1. The van der Waals surface area contributed by atoms with Gasteiger partial charge in [-0.1, -0.05) is 6.07 Å². The van der Waals surface area contributed by atoms with Crippen LogP contribution in [0, 0.1) is 11.3 Å². The lowest BCUT2D eigenvalue weighted by molar-refractivity contribution is -0.131. The predicted octanol–water partition coefficient (Wildman–Crippen LogP) is 2.95. The van der Waals surface area contributed by atoms with Crippen LogP contribution in [0.15, 0.2) is 23.1 Å². The average molecular weight is 291 g/mol. The summed E-state index contributed by atoms with van der Waals surface area (Å²) in [5.41, 5.74) is 1.31. The summed E-state index contributed by atoms with van der Waals surface area (Å²) >= 11 is 1.53. The molecule has 0 bridgehead atoms. The van der Waals surface area contributed by atoms with Gasteiger partial charge in [-0.05, 0) is 39.2 Å². The number of amides is 1. The van der Waals surface area contributed by atoms with E-state index in [1.807, 2.05) is 45.2 Å². The maximum Gasteiger partial charge on any atom is 0.244 e. The molecule has 0 spiro atoms. The Morgan fingerprint density at radius 1 is 1.45 bits per heavy atom. The van der Waals surface area contributed by atoms with Crippen molar-refractivity contribution in [2.24, 2.45) is 0 Å². The third kappa shape index (κ3) is 3.67. The smallest absolute Gasteiger partial charge is 0.244 e. The van der Waals surface area contributed by atoms with E-state index in [9.17, 15) is 10.1 Å². The number of hydrogen-bond acceptors (Lipinski definition) is 4. The van der Waals surface area contributed by atoms with Crippen molar-refractivity contribution in [2.45, 2.75) is 31.7 Å². The lowest BCUT2D eigenvalue weighted by Crippen LogP contribution is -2.41. The van der Waals surface area contributed by atoms with Gasteiger partial charge < -0.3 is 10.2 Å². The summed E-state index contributed by atoms with van der Waals surface area (Å²) < 4.78 is 0. The normalized spacial score (nSPS) is 11.6. The minimum Gasteiger partial charge on any atom is -0.373 e. The van der Waals surface area contributed by atoms with Gasteiger partial charge in [0.05, 0.1) is 11.3 Å². The first-order valence-electron chi connectivity index (χ1n) is 6.71. The topological polar surface area (TPSA) is 56.1 Å². The molecule has 0 heterocycles. The number of nitriles is 1. The average Bonchev–Trinajstić information content (AvgIpc) is 2.47. The maximum atomic E-state index is 12.2. The van der Waals surface area contributed by atoms with Crippen LogP contribution >= 0.6 is 11.8 Å². The van der Waals surface area contributed by atoms with Gasteiger partial charge in [0.15, 0.2) is 0 Å². The molecule has 1 N–H and O–H groups in total. The van der Waals surface area contributed by atoms with Gasteiger partial charge in [0.1, 0.15) is 12.1 Å². The summed E-state index contributed by atoms with van der Waals surface area (Å²) in [7, 11) is 0. The van der Waals surface area contributed by atoms with Crippen LogP contribution in [0.4, 0.5) is 5.69 Å². The van der Waals surface area contributed by atoms with E-state index in [0.29, 0.717) is 24.3 Å². The highest BCUT2D eigenvalue weighted by Crippen LogP contribution is 2.26. The van der Waals surface area contributed by atoms with E-state index in [1.54, 1.807) is 4.90 Å². The molecule has 1 aromatic carbocycles. The molecular weight excluding hydrogens is 270 g/mol. The molecule has 0 fully saturated rings. The summed E-state index contributed by atoms with van der Waals surface area (Å²) in [6.45, 7) is 7.13. The van der Waals surface area contributed by atoms with Crippen LogP contribution in [0.3, 0.4) is 0 Å². The fraction of sp³-hybridized carbons (Fsp3) is 0.467. The van der Waals surface area contributed by atoms with Crippen molar-refractivity contribution < 1.29 is 4.79 Å². The van der Waals surface area contributed by atoms with Gasteiger partial charge in [0.2, 0.25) is 5.91 Å². The molecule has 5 heteroatoms. The summed E-state index contributed by atoms with van der Waals surface area (Å²) in [6, 6.07) is 7.50. The number of rotatable bonds is 6. The second-order valence-corrected chi connectivity index (χ2v) is 5.22. The first-order valence-corrected chi connectivity index (χ1v) is 7.93. The van der Waals surface area contributed by atoms with Crippen LogP contribution in [0.25, 0.3) is 0 Å². The van der Waals surface area contributed by atoms with Crippen molar-refractivity contribution in [1.82, 2.24) is 4.90 Å². The van der Waals surface area contributed by atoms with Crippen molar-refractivity contribution in [3.05, 3.63) is 23.8 Å². The molecule has 0 aliphatic rings. The van der Waals surface area contributed by atoms with E-state index in [1.165, 1.54) is 11.8 Å². The SMILES string of the molecule is CCN(CC)C(=O)C(C)Nc1cccc(SC)c1C#N. The molecule has 1 amide bonds. The molecule has 0 radical (unpaired) electrons. The first-order chi connectivity index (χ1) is 9.58. The van der Waals surface area contributed by atoms with Crippen molar-refractivity contribution >= 4 is 23.4 Å². The maximum absolute atomic E-state index is 12.2. The van der Waals surface area contributed by atoms with Crippen LogP contribution in [-0.4, -0.2) is 36.2 Å². The highest BCUT2D eigenvalue weighted by atomic mass is 32.2. The molecule has 1 atom stereocenters.